The highest BCUT2D eigenvalue weighted by molar-refractivity contribution is 7.99. The summed E-state index contributed by atoms with van der Waals surface area (Å²) in [5.41, 5.74) is 1.72. The first kappa shape index (κ1) is 20.3. The molecule has 1 fully saturated rings. The second kappa shape index (κ2) is 8.12. The molecule has 0 aromatic heterocycles. The standard InChI is InChI=1S/C19H26N2O4S/c1-19(2,3)14-7-5-13(6-8-14)17(24)21-12-26-11-15(21)18(25)20(4)10-9-16(22)23/h5-8,15H,9-12H2,1-4H3,(H,22,23). The van der Waals surface area contributed by atoms with Crippen LogP contribution in [0.15, 0.2) is 24.3 Å². The normalized spacial score (nSPS) is 17.2. The summed E-state index contributed by atoms with van der Waals surface area (Å²) in [6, 6.07) is 6.97. The summed E-state index contributed by atoms with van der Waals surface area (Å²) in [6.07, 6.45) is -0.107. The van der Waals surface area contributed by atoms with E-state index in [1.807, 2.05) is 24.3 Å². The molecular weight excluding hydrogens is 352 g/mol. The maximum atomic E-state index is 12.9. The van der Waals surface area contributed by atoms with Crippen molar-refractivity contribution in [2.75, 3.05) is 25.2 Å². The fraction of sp³-hybridized carbons (Fsp3) is 0.526. The van der Waals surface area contributed by atoms with Gasteiger partial charge < -0.3 is 14.9 Å². The van der Waals surface area contributed by atoms with Gasteiger partial charge in [0, 0.05) is 24.9 Å². The lowest BCUT2D eigenvalue weighted by atomic mass is 9.86. The Balaban J connectivity index is 2.10. The topological polar surface area (TPSA) is 77.9 Å². The van der Waals surface area contributed by atoms with Crippen molar-refractivity contribution >= 4 is 29.5 Å². The molecule has 1 saturated heterocycles. The SMILES string of the molecule is CN(CCC(=O)O)C(=O)C1CSCN1C(=O)c1ccc(C(C)(C)C)cc1. The van der Waals surface area contributed by atoms with Crippen molar-refractivity contribution in [2.45, 2.75) is 38.6 Å². The molecular formula is C19H26N2O4S. The lowest BCUT2D eigenvalue weighted by molar-refractivity contribution is -0.139. The van der Waals surface area contributed by atoms with E-state index in [0.29, 0.717) is 17.2 Å². The van der Waals surface area contributed by atoms with Gasteiger partial charge in [0.1, 0.15) is 6.04 Å². The van der Waals surface area contributed by atoms with Crippen LogP contribution in [0.1, 0.15) is 43.1 Å². The average molecular weight is 378 g/mol. The molecule has 1 N–H and O–H groups in total. The zero-order chi connectivity index (χ0) is 19.5. The number of likely N-dealkylation sites (N-methyl/N-ethyl adjacent to an activating group) is 1. The minimum atomic E-state index is -0.947. The summed E-state index contributed by atoms with van der Waals surface area (Å²) in [7, 11) is 1.58. The Hall–Kier alpha value is -2.02. The summed E-state index contributed by atoms with van der Waals surface area (Å²) in [5.74, 6) is -0.334. The fourth-order valence-electron chi connectivity index (χ4n) is 2.75. The van der Waals surface area contributed by atoms with Crippen LogP contribution in [0.3, 0.4) is 0 Å². The third-order valence-electron chi connectivity index (χ3n) is 4.46. The Morgan fingerprint density at radius 2 is 1.85 bits per heavy atom. The van der Waals surface area contributed by atoms with Gasteiger partial charge in [0.25, 0.3) is 5.91 Å². The highest BCUT2D eigenvalue weighted by atomic mass is 32.2. The number of aliphatic carboxylic acids is 1. The molecule has 6 nitrogen and oxygen atoms in total. The minimum Gasteiger partial charge on any atom is -0.481 e. The lowest BCUT2D eigenvalue weighted by Gasteiger charge is -2.27. The first-order valence-corrected chi connectivity index (χ1v) is 9.72. The van der Waals surface area contributed by atoms with Crippen molar-refractivity contribution < 1.29 is 19.5 Å². The van der Waals surface area contributed by atoms with E-state index in [2.05, 4.69) is 20.8 Å². The molecule has 1 aliphatic rings. The van der Waals surface area contributed by atoms with E-state index in [1.165, 1.54) is 16.7 Å². The molecule has 0 radical (unpaired) electrons. The second-order valence-electron chi connectivity index (χ2n) is 7.52. The molecule has 2 rings (SSSR count). The zero-order valence-electron chi connectivity index (χ0n) is 15.7. The number of carboxylic acids is 1. The van der Waals surface area contributed by atoms with Gasteiger partial charge in [-0.25, -0.2) is 0 Å². The Morgan fingerprint density at radius 3 is 2.38 bits per heavy atom. The minimum absolute atomic E-state index is 0.0103. The third kappa shape index (κ3) is 4.78. The molecule has 0 saturated carbocycles. The van der Waals surface area contributed by atoms with E-state index >= 15 is 0 Å². The summed E-state index contributed by atoms with van der Waals surface area (Å²) < 4.78 is 0. The first-order chi connectivity index (χ1) is 12.1. The van der Waals surface area contributed by atoms with Crippen molar-refractivity contribution in [3.63, 3.8) is 0 Å². The van der Waals surface area contributed by atoms with Gasteiger partial charge in [-0.3, -0.25) is 14.4 Å². The van der Waals surface area contributed by atoms with Gasteiger partial charge in [0.2, 0.25) is 5.91 Å². The monoisotopic (exact) mass is 378 g/mol. The quantitative estimate of drug-likeness (QED) is 0.851. The van der Waals surface area contributed by atoms with Crippen molar-refractivity contribution in [3.05, 3.63) is 35.4 Å². The molecule has 1 aromatic rings. The summed E-state index contributed by atoms with van der Waals surface area (Å²) in [5, 5.41) is 8.77. The molecule has 7 heteroatoms. The van der Waals surface area contributed by atoms with Crippen LogP contribution in [0.25, 0.3) is 0 Å². The summed E-state index contributed by atoms with van der Waals surface area (Å²) >= 11 is 1.53. The number of carbonyl (C=O) groups is 3. The molecule has 0 spiro atoms. The Labute approximate surface area is 158 Å². The number of amides is 2. The maximum Gasteiger partial charge on any atom is 0.305 e. The number of carboxylic acid groups (broad SMARTS) is 1. The number of thioether (sulfide) groups is 1. The van der Waals surface area contributed by atoms with E-state index in [0.717, 1.165) is 5.56 Å². The van der Waals surface area contributed by atoms with Gasteiger partial charge in [0.15, 0.2) is 0 Å². The Morgan fingerprint density at radius 1 is 1.23 bits per heavy atom. The molecule has 1 aliphatic heterocycles. The fourth-order valence-corrected chi connectivity index (χ4v) is 3.90. The molecule has 1 aromatic carbocycles. The largest absolute Gasteiger partial charge is 0.481 e. The van der Waals surface area contributed by atoms with Gasteiger partial charge in [0.05, 0.1) is 12.3 Å². The van der Waals surface area contributed by atoms with Gasteiger partial charge in [-0.15, -0.1) is 11.8 Å². The molecule has 1 atom stereocenters. The maximum absolute atomic E-state index is 12.9. The predicted molar refractivity (Wildman–Crippen MR) is 102 cm³/mol. The average Bonchev–Trinajstić information content (AvgIpc) is 3.07. The van der Waals surface area contributed by atoms with E-state index < -0.39 is 12.0 Å². The van der Waals surface area contributed by atoms with Gasteiger partial charge in [-0.1, -0.05) is 32.9 Å². The van der Waals surface area contributed by atoms with E-state index in [-0.39, 0.29) is 30.2 Å². The van der Waals surface area contributed by atoms with E-state index in [4.69, 9.17) is 5.11 Å². The van der Waals surface area contributed by atoms with Crippen LogP contribution in [-0.4, -0.2) is 64.0 Å². The predicted octanol–water partition coefficient (Wildman–Crippen LogP) is 2.43. The molecule has 26 heavy (non-hydrogen) atoms. The second-order valence-corrected chi connectivity index (χ2v) is 8.52. The molecule has 1 unspecified atom stereocenters. The van der Waals surface area contributed by atoms with Crippen LogP contribution in [0.5, 0.6) is 0 Å². The molecule has 1 heterocycles. The molecule has 2 amide bonds. The number of benzene rings is 1. The molecule has 0 aliphatic carbocycles. The van der Waals surface area contributed by atoms with Crippen LogP contribution >= 0.6 is 11.8 Å². The highest BCUT2D eigenvalue weighted by Crippen LogP contribution is 2.26. The number of nitrogens with zero attached hydrogens (tertiary/aromatic N) is 2. The lowest BCUT2D eigenvalue weighted by Crippen LogP contribution is -2.48. The van der Waals surface area contributed by atoms with Crippen LogP contribution < -0.4 is 0 Å². The molecule has 142 valence electrons. The van der Waals surface area contributed by atoms with Crippen molar-refractivity contribution in [1.29, 1.82) is 0 Å². The van der Waals surface area contributed by atoms with Crippen LogP contribution in [-0.2, 0) is 15.0 Å². The van der Waals surface area contributed by atoms with Crippen LogP contribution in [0, 0.1) is 0 Å². The van der Waals surface area contributed by atoms with E-state index in [1.54, 1.807) is 11.9 Å². The number of hydrogen-bond acceptors (Lipinski definition) is 4. The van der Waals surface area contributed by atoms with Crippen molar-refractivity contribution in [1.82, 2.24) is 9.80 Å². The van der Waals surface area contributed by atoms with Gasteiger partial charge >= 0.3 is 5.97 Å². The molecule has 0 bridgehead atoms. The smallest absolute Gasteiger partial charge is 0.305 e. The highest BCUT2D eigenvalue weighted by Gasteiger charge is 2.36. The Bertz CT molecular complexity index is 682. The summed E-state index contributed by atoms with van der Waals surface area (Å²) in [6.45, 7) is 6.48. The van der Waals surface area contributed by atoms with Gasteiger partial charge in [-0.05, 0) is 23.1 Å². The van der Waals surface area contributed by atoms with Crippen LogP contribution in [0.4, 0.5) is 0 Å². The van der Waals surface area contributed by atoms with Crippen molar-refractivity contribution in [2.24, 2.45) is 0 Å². The zero-order valence-corrected chi connectivity index (χ0v) is 16.5. The third-order valence-corrected chi connectivity index (χ3v) is 5.48. The number of carbonyl (C=O) groups excluding carboxylic acids is 2. The van der Waals surface area contributed by atoms with Gasteiger partial charge in [-0.2, -0.15) is 0 Å². The Kier molecular flexibility index (Phi) is 6.34. The van der Waals surface area contributed by atoms with Crippen molar-refractivity contribution in [3.8, 4) is 0 Å². The number of rotatable bonds is 5. The first-order valence-electron chi connectivity index (χ1n) is 8.57. The number of hydrogen-bond donors (Lipinski definition) is 1. The van der Waals surface area contributed by atoms with E-state index in [9.17, 15) is 14.4 Å². The van der Waals surface area contributed by atoms with Crippen LogP contribution in [0.2, 0.25) is 0 Å². The summed E-state index contributed by atoms with van der Waals surface area (Å²) in [4.78, 5) is 39.1.